The molecule has 0 aliphatic heterocycles. The van der Waals surface area contributed by atoms with E-state index in [0.717, 1.165) is 0 Å². The third-order valence-corrected chi connectivity index (χ3v) is 3.01. The molecule has 1 saturated carbocycles. The first-order valence-electron chi connectivity index (χ1n) is 6.00. The van der Waals surface area contributed by atoms with Gasteiger partial charge in [-0.15, -0.1) is 0 Å². The van der Waals surface area contributed by atoms with Crippen molar-refractivity contribution in [1.82, 2.24) is 0 Å². The molecule has 102 valence electrons. The maximum absolute atomic E-state index is 11.9. The largest absolute Gasteiger partial charge is 0.495 e. The molecule has 4 N–H and O–H groups in total. The zero-order valence-corrected chi connectivity index (χ0v) is 10.9. The smallest absolute Gasteiger partial charge is 0.244 e. The van der Waals surface area contributed by atoms with Crippen molar-refractivity contribution in [2.24, 2.45) is 5.73 Å². The molecule has 0 radical (unpaired) electrons. The van der Waals surface area contributed by atoms with E-state index in [4.69, 9.17) is 10.5 Å². The molecule has 2 amide bonds. The number of hydrogen-bond donors (Lipinski definition) is 3. The van der Waals surface area contributed by atoms with E-state index in [2.05, 4.69) is 10.6 Å². The van der Waals surface area contributed by atoms with Gasteiger partial charge in [0.05, 0.1) is 18.3 Å². The standard InChI is InChI=1S/C13H17N3O3/c1-8(17)15-9-3-4-11(19-2)10(7-9)16-12(18)13(14)5-6-13/h3-4,7H,5-6,14H2,1-2H3,(H,15,17)(H,16,18). The molecule has 0 aromatic heterocycles. The number of carbonyl (C=O) groups is 2. The molecular weight excluding hydrogens is 246 g/mol. The first-order chi connectivity index (χ1) is 8.94. The summed E-state index contributed by atoms with van der Waals surface area (Å²) in [5.41, 5.74) is 6.15. The van der Waals surface area contributed by atoms with Crippen LogP contribution in [0.1, 0.15) is 19.8 Å². The van der Waals surface area contributed by atoms with Crippen molar-refractivity contribution < 1.29 is 14.3 Å². The maximum Gasteiger partial charge on any atom is 0.244 e. The van der Waals surface area contributed by atoms with E-state index in [1.165, 1.54) is 14.0 Å². The SMILES string of the molecule is COc1ccc(NC(C)=O)cc1NC(=O)C1(N)CC1. The van der Waals surface area contributed by atoms with Crippen molar-refractivity contribution in [1.29, 1.82) is 0 Å². The van der Waals surface area contributed by atoms with E-state index in [0.29, 0.717) is 30.0 Å². The summed E-state index contributed by atoms with van der Waals surface area (Å²) in [5, 5.41) is 5.38. The highest BCUT2D eigenvalue weighted by Gasteiger charge is 2.46. The lowest BCUT2D eigenvalue weighted by molar-refractivity contribution is -0.118. The number of amides is 2. The summed E-state index contributed by atoms with van der Waals surface area (Å²) < 4.78 is 5.17. The summed E-state index contributed by atoms with van der Waals surface area (Å²) in [5.74, 6) is 0.109. The van der Waals surface area contributed by atoms with Gasteiger partial charge in [-0.05, 0) is 31.0 Å². The molecule has 0 saturated heterocycles. The highest BCUT2D eigenvalue weighted by Crippen LogP contribution is 2.35. The molecular formula is C13H17N3O3. The van der Waals surface area contributed by atoms with Gasteiger partial charge in [-0.1, -0.05) is 0 Å². The van der Waals surface area contributed by atoms with Gasteiger partial charge in [-0.3, -0.25) is 9.59 Å². The van der Waals surface area contributed by atoms with E-state index in [9.17, 15) is 9.59 Å². The fraction of sp³-hybridized carbons (Fsp3) is 0.385. The van der Waals surface area contributed by atoms with E-state index < -0.39 is 5.54 Å². The Bertz CT molecular complexity index is 524. The molecule has 6 heteroatoms. The Kier molecular flexibility index (Phi) is 3.44. The van der Waals surface area contributed by atoms with Crippen molar-refractivity contribution >= 4 is 23.2 Å². The fourth-order valence-corrected chi connectivity index (χ4v) is 1.70. The van der Waals surface area contributed by atoms with E-state index in [1.807, 2.05) is 0 Å². The average molecular weight is 263 g/mol. The molecule has 6 nitrogen and oxygen atoms in total. The number of nitrogens with two attached hydrogens (primary N) is 1. The number of benzene rings is 1. The Labute approximate surface area is 111 Å². The Morgan fingerprint density at radius 3 is 2.53 bits per heavy atom. The van der Waals surface area contributed by atoms with Crippen LogP contribution in [0.25, 0.3) is 0 Å². The van der Waals surface area contributed by atoms with Crippen LogP contribution in [0.4, 0.5) is 11.4 Å². The van der Waals surface area contributed by atoms with Gasteiger partial charge in [-0.2, -0.15) is 0 Å². The number of anilines is 2. The molecule has 0 spiro atoms. The molecule has 0 heterocycles. The Balaban J connectivity index is 2.20. The van der Waals surface area contributed by atoms with Crippen molar-refractivity contribution in [3.8, 4) is 5.75 Å². The quantitative estimate of drug-likeness (QED) is 0.757. The first kappa shape index (κ1) is 13.4. The highest BCUT2D eigenvalue weighted by atomic mass is 16.5. The van der Waals surface area contributed by atoms with Crippen LogP contribution >= 0.6 is 0 Å². The lowest BCUT2D eigenvalue weighted by atomic mass is 10.2. The number of rotatable bonds is 4. The minimum Gasteiger partial charge on any atom is -0.495 e. The summed E-state index contributed by atoms with van der Waals surface area (Å²) in [7, 11) is 1.51. The number of ether oxygens (including phenoxy) is 1. The van der Waals surface area contributed by atoms with Gasteiger partial charge in [0.2, 0.25) is 11.8 Å². The van der Waals surface area contributed by atoms with Gasteiger partial charge >= 0.3 is 0 Å². The van der Waals surface area contributed by atoms with Crippen LogP contribution in [0.3, 0.4) is 0 Å². The Morgan fingerprint density at radius 1 is 1.32 bits per heavy atom. The van der Waals surface area contributed by atoms with E-state index >= 15 is 0 Å². The summed E-state index contributed by atoms with van der Waals surface area (Å²) >= 11 is 0. The summed E-state index contributed by atoms with van der Waals surface area (Å²) in [6.45, 7) is 1.42. The molecule has 1 fully saturated rings. The molecule has 2 rings (SSSR count). The van der Waals surface area contributed by atoms with Gasteiger partial charge in [0.25, 0.3) is 0 Å². The van der Waals surface area contributed by atoms with Crippen LogP contribution in [-0.4, -0.2) is 24.5 Å². The summed E-state index contributed by atoms with van der Waals surface area (Å²) in [6.07, 6.45) is 1.37. The maximum atomic E-state index is 11.9. The van der Waals surface area contributed by atoms with Gasteiger partial charge in [0, 0.05) is 12.6 Å². The van der Waals surface area contributed by atoms with Crippen molar-refractivity contribution in [2.75, 3.05) is 17.7 Å². The molecule has 19 heavy (non-hydrogen) atoms. The van der Waals surface area contributed by atoms with Crippen LogP contribution in [-0.2, 0) is 9.59 Å². The normalized spacial score (nSPS) is 15.5. The third kappa shape index (κ3) is 3.03. The van der Waals surface area contributed by atoms with Crippen molar-refractivity contribution in [2.45, 2.75) is 25.3 Å². The summed E-state index contributed by atoms with van der Waals surface area (Å²) in [6, 6.07) is 5.02. The zero-order valence-electron chi connectivity index (χ0n) is 10.9. The molecule has 0 atom stereocenters. The van der Waals surface area contributed by atoms with Crippen molar-refractivity contribution in [3.05, 3.63) is 18.2 Å². The predicted molar refractivity (Wildman–Crippen MR) is 72.1 cm³/mol. The van der Waals surface area contributed by atoms with Crippen LogP contribution in [0.15, 0.2) is 18.2 Å². The van der Waals surface area contributed by atoms with Gasteiger partial charge in [-0.25, -0.2) is 0 Å². The Hall–Kier alpha value is -2.08. The van der Waals surface area contributed by atoms with E-state index in [1.54, 1.807) is 18.2 Å². The second-order valence-electron chi connectivity index (χ2n) is 4.71. The fourth-order valence-electron chi connectivity index (χ4n) is 1.70. The third-order valence-electron chi connectivity index (χ3n) is 3.01. The van der Waals surface area contributed by atoms with Crippen LogP contribution in [0, 0.1) is 0 Å². The van der Waals surface area contributed by atoms with Crippen LogP contribution in [0.5, 0.6) is 5.75 Å². The minimum absolute atomic E-state index is 0.181. The zero-order chi connectivity index (χ0) is 14.0. The number of carbonyl (C=O) groups excluding carboxylic acids is 2. The van der Waals surface area contributed by atoms with Gasteiger partial charge in [0.15, 0.2) is 0 Å². The second kappa shape index (κ2) is 4.89. The topological polar surface area (TPSA) is 93.5 Å². The van der Waals surface area contributed by atoms with Crippen LogP contribution < -0.4 is 21.1 Å². The molecule has 1 aromatic carbocycles. The second-order valence-corrected chi connectivity index (χ2v) is 4.71. The average Bonchev–Trinajstić information content (AvgIpc) is 3.08. The highest BCUT2D eigenvalue weighted by molar-refractivity contribution is 6.01. The lowest BCUT2D eigenvalue weighted by Crippen LogP contribution is -2.37. The molecule has 0 bridgehead atoms. The van der Waals surface area contributed by atoms with Crippen LogP contribution in [0.2, 0.25) is 0 Å². The van der Waals surface area contributed by atoms with E-state index in [-0.39, 0.29) is 11.8 Å². The minimum atomic E-state index is -0.755. The monoisotopic (exact) mass is 263 g/mol. The molecule has 1 aromatic rings. The van der Waals surface area contributed by atoms with Gasteiger partial charge < -0.3 is 21.1 Å². The molecule has 0 unspecified atom stereocenters. The van der Waals surface area contributed by atoms with Gasteiger partial charge in [0.1, 0.15) is 5.75 Å². The predicted octanol–water partition coefficient (Wildman–Crippen LogP) is 1.08. The number of methoxy groups -OCH3 is 1. The number of hydrogen-bond acceptors (Lipinski definition) is 4. The first-order valence-corrected chi connectivity index (χ1v) is 6.00. The number of nitrogens with one attached hydrogen (secondary N) is 2. The molecule has 1 aliphatic carbocycles. The van der Waals surface area contributed by atoms with Crippen molar-refractivity contribution in [3.63, 3.8) is 0 Å². The Morgan fingerprint density at radius 2 is 2.00 bits per heavy atom. The summed E-state index contributed by atoms with van der Waals surface area (Å²) in [4.78, 5) is 22.9. The lowest BCUT2D eigenvalue weighted by Gasteiger charge is -2.14. The molecule has 1 aliphatic rings.